The zero-order valence-corrected chi connectivity index (χ0v) is 19.9. The van der Waals surface area contributed by atoms with E-state index in [-0.39, 0.29) is 18.1 Å². The molecule has 0 radical (unpaired) electrons. The van der Waals surface area contributed by atoms with Gasteiger partial charge in [-0.3, -0.25) is 14.4 Å². The van der Waals surface area contributed by atoms with Gasteiger partial charge in [-0.15, -0.1) is 6.58 Å². The molecule has 1 atom stereocenters. The van der Waals surface area contributed by atoms with Gasteiger partial charge in [-0.25, -0.2) is 0 Å². The number of amides is 1. The van der Waals surface area contributed by atoms with Crippen molar-refractivity contribution in [1.29, 1.82) is 0 Å². The Morgan fingerprint density at radius 3 is 2.00 bits per heavy atom. The van der Waals surface area contributed by atoms with Gasteiger partial charge < -0.3 is 10.0 Å². The topological polar surface area (TPSA) is 74.7 Å². The lowest BCUT2D eigenvalue weighted by atomic mass is 10.0. The molecule has 0 fully saturated rings. The van der Waals surface area contributed by atoms with Gasteiger partial charge in [0.25, 0.3) is 0 Å². The van der Waals surface area contributed by atoms with Crippen molar-refractivity contribution in [2.24, 2.45) is 0 Å². The quantitative estimate of drug-likeness (QED) is 0.127. The number of hydrogen-bond acceptors (Lipinski definition) is 3. The lowest BCUT2D eigenvalue weighted by Gasteiger charge is -2.25. The van der Waals surface area contributed by atoms with E-state index in [2.05, 4.69) is 13.5 Å². The first-order valence-corrected chi connectivity index (χ1v) is 12.2. The van der Waals surface area contributed by atoms with Crippen LogP contribution < -0.4 is 0 Å². The van der Waals surface area contributed by atoms with Crippen LogP contribution in [0.15, 0.2) is 24.8 Å². The molecule has 31 heavy (non-hydrogen) atoms. The zero-order chi connectivity index (χ0) is 23.3. The number of carboxylic acids is 1. The van der Waals surface area contributed by atoms with E-state index in [0.29, 0.717) is 6.42 Å². The molecule has 178 valence electrons. The minimum Gasteiger partial charge on any atom is -0.481 e. The predicted octanol–water partition coefficient (Wildman–Crippen LogP) is 6.47. The number of aliphatic carboxylic acids is 1. The first-order valence-electron chi connectivity index (χ1n) is 12.2. The summed E-state index contributed by atoms with van der Waals surface area (Å²) in [5.41, 5.74) is 0. The molecule has 0 rings (SSSR count). The highest BCUT2D eigenvalue weighted by molar-refractivity contribution is 5.95. The molecule has 0 bridgehead atoms. The van der Waals surface area contributed by atoms with Crippen molar-refractivity contribution in [3.63, 3.8) is 0 Å². The number of rotatable bonds is 21. The highest BCUT2D eigenvalue weighted by Gasteiger charge is 2.27. The maximum atomic E-state index is 12.6. The van der Waals surface area contributed by atoms with Crippen LogP contribution in [0.1, 0.15) is 110 Å². The molecule has 0 heterocycles. The average Bonchev–Trinajstić information content (AvgIpc) is 2.74. The Bertz CT molecular complexity index is 542. The van der Waals surface area contributed by atoms with Crippen LogP contribution >= 0.6 is 0 Å². The van der Waals surface area contributed by atoms with Crippen LogP contribution in [-0.4, -0.2) is 40.8 Å². The van der Waals surface area contributed by atoms with Crippen molar-refractivity contribution in [1.82, 2.24) is 4.90 Å². The second kappa shape index (κ2) is 20.0. The molecule has 0 aromatic rings. The van der Waals surface area contributed by atoms with Crippen LogP contribution in [-0.2, 0) is 14.4 Å². The second-order valence-corrected chi connectivity index (χ2v) is 8.44. The van der Waals surface area contributed by atoms with Gasteiger partial charge in [-0.2, -0.15) is 0 Å². The number of Topliss-reactive ketones (excluding diaryl/α,β-unsaturated/α-hetero) is 1. The standard InChI is InChI=1S/C26H45NO4/c1-4-6-8-10-12-14-16-18-20-24(28)23(22-26(30)31)27(3)25(29)21-19-17-15-13-11-9-7-5-2/h4,19,21,23H,1,5-18,20,22H2,2-3H3,(H,30,31). The number of likely N-dealkylation sites (N-methyl/N-ethyl adjacent to an activating group) is 1. The predicted molar refractivity (Wildman–Crippen MR) is 128 cm³/mol. The lowest BCUT2D eigenvalue weighted by molar-refractivity contribution is -0.143. The van der Waals surface area contributed by atoms with Crippen LogP contribution in [0.2, 0.25) is 0 Å². The first-order chi connectivity index (χ1) is 14.9. The summed E-state index contributed by atoms with van der Waals surface area (Å²) < 4.78 is 0. The average molecular weight is 436 g/mol. The minimum absolute atomic E-state index is 0.158. The third kappa shape index (κ3) is 16.5. The van der Waals surface area contributed by atoms with Crippen LogP contribution in [0.4, 0.5) is 0 Å². The number of allylic oxidation sites excluding steroid dienone is 2. The Kier molecular flexibility index (Phi) is 18.8. The van der Waals surface area contributed by atoms with E-state index >= 15 is 0 Å². The molecular formula is C26H45NO4. The molecule has 0 aliphatic heterocycles. The van der Waals surface area contributed by atoms with E-state index in [0.717, 1.165) is 57.8 Å². The number of nitrogens with zero attached hydrogens (tertiary/aromatic N) is 1. The van der Waals surface area contributed by atoms with Crippen LogP contribution in [0.3, 0.4) is 0 Å². The fourth-order valence-electron chi connectivity index (χ4n) is 3.59. The number of carbonyl (C=O) groups excluding carboxylic acids is 2. The number of hydrogen-bond donors (Lipinski definition) is 1. The van der Waals surface area contributed by atoms with Crippen LogP contribution in [0, 0.1) is 0 Å². The summed E-state index contributed by atoms with van der Waals surface area (Å²) in [6.07, 6.45) is 20.5. The highest BCUT2D eigenvalue weighted by Crippen LogP contribution is 2.14. The van der Waals surface area contributed by atoms with Crippen molar-refractivity contribution in [2.75, 3.05) is 7.05 Å². The zero-order valence-electron chi connectivity index (χ0n) is 19.9. The molecule has 1 unspecified atom stereocenters. The number of carboxylic acid groups (broad SMARTS) is 1. The van der Waals surface area contributed by atoms with Crippen molar-refractivity contribution >= 4 is 17.7 Å². The summed E-state index contributed by atoms with van der Waals surface area (Å²) in [6, 6.07) is -0.892. The number of ketones is 1. The second-order valence-electron chi connectivity index (χ2n) is 8.44. The monoisotopic (exact) mass is 435 g/mol. The van der Waals surface area contributed by atoms with Gasteiger partial charge in [-0.05, 0) is 38.2 Å². The smallest absolute Gasteiger partial charge is 0.305 e. The summed E-state index contributed by atoms with van der Waals surface area (Å²) >= 11 is 0. The molecule has 0 aliphatic carbocycles. The minimum atomic E-state index is -1.06. The molecule has 0 aromatic carbocycles. The van der Waals surface area contributed by atoms with Crippen molar-refractivity contribution in [3.05, 3.63) is 24.8 Å². The number of unbranched alkanes of at least 4 members (excludes halogenated alkanes) is 12. The Hall–Kier alpha value is -1.91. The van der Waals surface area contributed by atoms with Gasteiger partial charge in [-0.1, -0.05) is 76.9 Å². The van der Waals surface area contributed by atoms with Crippen molar-refractivity contribution < 1.29 is 19.5 Å². The maximum Gasteiger partial charge on any atom is 0.305 e. The van der Waals surface area contributed by atoms with Gasteiger partial charge in [0.15, 0.2) is 5.78 Å². The summed E-state index contributed by atoms with van der Waals surface area (Å²) in [7, 11) is 1.53. The Labute approximate surface area is 190 Å². The molecule has 1 amide bonds. The third-order valence-electron chi connectivity index (χ3n) is 5.62. The number of carbonyl (C=O) groups is 3. The molecule has 0 spiro atoms. The highest BCUT2D eigenvalue weighted by atomic mass is 16.4. The first kappa shape index (κ1) is 29.1. The van der Waals surface area contributed by atoms with E-state index in [4.69, 9.17) is 0 Å². The van der Waals surface area contributed by atoms with E-state index in [1.807, 2.05) is 12.2 Å². The van der Waals surface area contributed by atoms with Gasteiger partial charge in [0.05, 0.1) is 6.42 Å². The molecule has 1 N–H and O–H groups in total. The Balaban J connectivity index is 4.34. The Morgan fingerprint density at radius 2 is 1.42 bits per heavy atom. The van der Waals surface area contributed by atoms with Crippen molar-refractivity contribution in [2.45, 2.75) is 116 Å². The van der Waals surface area contributed by atoms with E-state index < -0.39 is 12.0 Å². The third-order valence-corrected chi connectivity index (χ3v) is 5.62. The molecule has 5 heteroatoms. The van der Waals surface area contributed by atoms with Gasteiger partial charge in [0, 0.05) is 13.5 Å². The maximum absolute atomic E-state index is 12.6. The van der Waals surface area contributed by atoms with E-state index in [1.165, 1.54) is 50.1 Å². The van der Waals surface area contributed by atoms with E-state index in [9.17, 15) is 19.5 Å². The fourth-order valence-corrected chi connectivity index (χ4v) is 3.59. The Morgan fingerprint density at radius 1 is 0.871 bits per heavy atom. The van der Waals surface area contributed by atoms with Gasteiger partial charge in [0.1, 0.15) is 6.04 Å². The summed E-state index contributed by atoms with van der Waals surface area (Å²) in [5.74, 6) is -1.52. The largest absolute Gasteiger partial charge is 0.481 e. The molecular weight excluding hydrogens is 390 g/mol. The molecule has 5 nitrogen and oxygen atoms in total. The molecule has 0 saturated carbocycles. The molecule has 0 aliphatic rings. The SMILES string of the molecule is C=CCCCCCCCCC(=O)C(CC(=O)O)N(C)C(=O)C=CCCCCCCCC. The lowest BCUT2D eigenvalue weighted by Crippen LogP contribution is -2.43. The van der Waals surface area contributed by atoms with Crippen LogP contribution in [0.5, 0.6) is 0 Å². The van der Waals surface area contributed by atoms with Gasteiger partial charge in [0.2, 0.25) is 5.91 Å². The summed E-state index contributed by atoms with van der Waals surface area (Å²) in [5, 5.41) is 9.20. The summed E-state index contributed by atoms with van der Waals surface area (Å²) in [6.45, 7) is 5.91. The van der Waals surface area contributed by atoms with Gasteiger partial charge >= 0.3 is 5.97 Å². The fraction of sp³-hybridized carbons (Fsp3) is 0.731. The summed E-state index contributed by atoms with van der Waals surface area (Å²) in [4.78, 5) is 37.6. The van der Waals surface area contributed by atoms with Crippen molar-refractivity contribution in [3.8, 4) is 0 Å². The molecule has 0 saturated heterocycles. The van der Waals surface area contributed by atoms with E-state index in [1.54, 1.807) is 0 Å². The molecule has 0 aromatic heterocycles. The normalized spacial score (nSPS) is 12.1. The van der Waals surface area contributed by atoms with Crippen LogP contribution in [0.25, 0.3) is 0 Å².